The minimum Gasteiger partial charge on any atom is -0.387 e. The molecule has 0 radical (unpaired) electrons. The summed E-state index contributed by atoms with van der Waals surface area (Å²) in [4.78, 5) is 2.22. The van der Waals surface area contributed by atoms with Gasteiger partial charge in [0.25, 0.3) is 0 Å². The number of benzene rings is 1. The van der Waals surface area contributed by atoms with Gasteiger partial charge in [0.15, 0.2) is 0 Å². The van der Waals surface area contributed by atoms with Crippen molar-refractivity contribution in [3.05, 3.63) is 47.8 Å². The Labute approximate surface area is 123 Å². The van der Waals surface area contributed by atoms with Crippen molar-refractivity contribution in [3.63, 3.8) is 0 Å². The Morgan fingerprint density at radius 3 is 2.81 bits per heavy atom. The smallest absolute Gasteiger partial charge is 0.0991 e. The molecule has 0 aliphatic carbocycles. The SMILES string of the molecule is N#Cc1ccc(CN2CCC(O)(Cn3ccnn3)C2)cc1. The van der Waals surface area contributed by atoms with Crippen molar-refractivity contribution >= 4 is 0 Å². The Morgan fingerprint density at radius 1 is 1.33 bits per heavy atom. The van der Waals surface area contributed by atoms with Crippen molar-refractivity contribution in [1.29, 1.82) is 5.26 Å². The fraction of sp³-hybridized carbons (Fsp3) is 0.400. The number of aromatic nitrogens is 3. The van der Waals surface area contributed by atoms with E-state index in [1.165, 1.54) is 0 Å². The van der Waals surface area contributed by atoms with Gasteiger partial charge in [-0.1, -0.05) is 17.3 Å². The van der Waals surface area contributed by atoms with E-state index in [0.29, 0.717) is 18.7 Å². The topological polar surface area (TPSA) is 78.0 Å². The van der Waals surface area contributed by atoms with Crippen LogP contribution in [0.5, 0.6) is 0 Å². The predicted octanol–water partition coefficient (Wildman–Crippen LogP) is 0.787. The predicted molar refractivity (Wildman–Crippen MR) is 76.0 cm³/mol. The van der Waals surface area contributed by atoms with E-state index < -0.39 is 5.60 Å². The molecule has 6 nitrogen and oxygen atoms in total. The molecule has 0 bridgehead atoms. The molecule has 1 aliphatic heterocycles. The molecule has 1 atom stereocenters. The van der Waals surface area contributed by atoms with Crippen molar-refractivity contribution < 1.29 is 5.11 Å². The van der Waals surface area contributed by atoms with E-state index in [9.17, 15) is 5.11 Å². The van der Waals surface area contributed by atoms with Crippen molar-refractivity contribution in [2.75, 3.05) is 13.1 Å². The maximum atomic E-state index is 10.6. The molecule has 1 aromatic carbocycles. The first-order valence-corrected chi connectivity index (χ1v) is 6.95. The van der Waals surface area contributed by atoms with E-state index in [0.717, 1.165) is 25.1 Å². The monoisotopic (exact) mass is 283 g/mol. The van der Waals surface area contributed by atoms with E-state index >= 15 is 0 Å². The van der Waals surface area contributed by atoms with Crippen LogP contribution in [0.1, 0.15) is 17.5 Å². The Balaban J connectivity index is 1.60. The van der Waals surface area contributed by atoms with E-state index in [1.807, 2.05) is 24.3 Å². The van der Waals surface area contributed by atoms with Crippen molar-refractivity contribution in [1.82, 2.24) is 19.9 Å². The van der Waals surface area contributed by atoms with Crippen LogP contribution >= 0.6 is 0 Å². The summed E-state index contributed by atoms with van der Waals surface area (Å²) in [7, 11) is 0. The van der Waals surface area contributed by atoms with E-state index in [1.54, 1.807) is 17.1 Å². The van der Waals surface area contributed by atoms with Gasteiger partial charge in [-0.05, 0) is 24.1 Å². The zero-order valence-electron chi connectivity index (χ0n) is 11.7. The largest absolute Gasteiger partial charge is 0.387 e. The highest BCUT2D eigenvalue weighted by Crippen LogP contribution is 2.24. The standard InChI is InChI=1S/C15H17N5O/c16-9-13-1-3-14(4-2-13)10-19-7-5-15(21,11-19)12-20-8-6-17-18-20/h1-4,6,8,21H,5,7,10-12H2. The Bertz CT molecular complexity index is 631. The average molecular weight is 283 g/mol. The van der Waals surface area contributed by atoms with Gasteiger partial charge in [-0.2, -0.15) is 5.26 Å². The van der Waals surface area contributed by atoms with Crippen LogP contribution in [-0.4, -0.2) is 43.7 Å². The van der Waals surface area contributed by atoms with Crippen molar-refractivity contribution in [2.45, 2.75) is 25.1 Å². The molecular weight excluding hydrogens is 266 g/mol. The van der Waals surface area contributed by atoms with Crippen LogP contribution in [0.25, 0.3) is 0 Å². The summed E-state index contributed by atoms with van der Waals surface area (Å²) in [5, 5.41) is 27.1. The third-order valence-corrected chi connectivity index (χ3v) is 3.83. The molecule has 1 fully saturated rings. The first-order valence-electron chi connectivity index (χ1n) is 6.95. The number of β-amino-alcohol motifs (C(OH)–C–C–N with tert-alkyl or cyclic N) is 1. The quantitative estimate of drug-likeness (QED) is 0.897. The van der Waals surface area contributed by atoms with Crippen molar-refractivity contribution in [3.8, 4) is 6.07 Å². The molecule has 1 aromatic heterocycles. The zero-order chi connectivity index (χ0) is 14.7. The lowest BCUT2D eigenvalue weighted by atomic mass is 10.0. The summed E-state index contributed by atoms with van der Waals surface area (Å²) in [6.07, 6.45) is 4.11. The molecule has 108 valence electrons. The second-order valence-corrected chi connectivity index (χ2v) is 5.59. The van der Waals surface area contributed by atoms with Gasteiger partial charge in [0, 0.05) is 25.8 Å². The van der Waals surface area contributed by atoms with Crippen LogP contribution in [0.3, 0.4) is 0 Å². The number of hydrogen-bond donors (Lipinski definition) is 1. The summed E-state index contributed by atoms with van der Waals surface area (Å²) in [5.41, 5.74) is 1.07. The second kappa shape index (κ2) is 5.64. The molecule has 2 aromatic rings. The van der Waals surface area contributed by atoms with Gasteiger partial charge < -0.3 is 5.11 Å². The summed E-state index contributed by atoms with van der Waals surface area (Å²) in [6, 6.07) is 9.70. The van der Waals surface area contributed by atoms with Gasteiger partial charge in [-0.25, -0.2) is 4.68 Å². The molecule has 6 heteroatoms. The molecule has 21 heavy (non-hydrogen) atoms. The Morgan fingerprint density at radius 2 is 2.14 bits per heavy atom. The van der Waals surface area contributed by atoms with E-state index in [2.05, 4.69) is 21.3 Å². The highest BCUT2D eigenvalue weighted by molar-refractivity contribution is 5.31. The molecule has 0 saturated carbocycles. The molecule has 1 N–H and O–H groups in total. The maximum Gasteiger partial charge on any atom is 0.0991 e. The Hall–Kier alpha value is -2.23. The molecule has 0 spiro atoms. The van der Waals surface area contributed by atoms with Crippen molar-refractivity contribution in [2.24, 2.45) is 0 Å². The number of rotatable bonds is 4. The fourth-order valence-electron chi connectivity index (χ4n) is 2.77. The maximum absolute atomic E-state index is 10.6. The lowest BCUT2D eigenvalue weighted by Crippen LogP contribution is -2.37. The normalized spacial score (nSPS) is 22.3. The van der Waals surface area contributed by atoms with Gasteiger partial charge in [0.1, 0.15) is 0 Å². The van der Waals surface area contributed by atoms with Gasteiger partial charge in [0.05, 0.1) is 30.0 Å². The van der Waals surface area contributed by atoms with Gasteiger partial charge in [0.2, 0.25) is 0 Å². The van der Waals surface area contributed by atoms with Crippen LogP contribution in [0, 0.1) is 11.3 Å². The first-order chi connectivity index (χ1) is 10.2. The van der Waals surface area contributed by atoms with Crippen LogP contribution in [0.2, 0.25) is 0 Å². The molecule has 0 amide bonds. The Kier molecular flexibility index (Phi) is 3.69. The van der Waals surface area contributed by atoms with Gasteiger partial charge in [-0.15, -0.1) is 5.10 Å². The molecule has 1 unspecified atom stereocenters. The second-order valence-electron chi connectivity index (χ2n) is 5.59. The third kappa shape index (κ3) is 3.27. The average Bonchev–Trinajstić information content (AvgIpc) is 3.10. The number of hydrogen-bond acceptors (Lipinski definition) is 5. The number of nitriles is 1. The lowest BCUT2D eigenvalue weighted by Gasteiger charge is -2.23. The third-order valence-electron chi connectivity index (χ3n) is 3.83. The summed E-state index contributed by atoms with van der Waals surface area (Å²) in [5.74, 6) is 0. The summed E-state index contributed by atoms with van der Waals surface area (Å²) < 4.78 is 1.67. The van der Waals surface area contributed by atoms with Gasteiger partial charge in [-0.3, -0.25) is 4.90 Å². The van der Waals surface area contributed by atoms with Crippen LogP contribution in [-0.2, 0) is 13.1 Å². The summed E-state index contributed by atoms with van der Waals surface area (Å²) in [6.45, 7) is 2.72. The van der Waals surface area contributed by atoms with E-state index in [-0.39, 0.29) is 0 Å². The highest BCUT2D eigenvalue weighted by atomic mass is 16.3. The number of likely N-dealkylation sites (tertiary alicyclic amines) is 1. The van der Waals surface area contributed by atoms with E-state index in [4.69, 9.17) is 5.26 Å². The molecule has 2 heterocycles. The minimum absolute atomic E-state index is 0.469. The van der Waals surface area contributed by atoms with Crippen LogP contribution in [0.15, 0.2) is 36.7 Å². The van der Waals surface area contributed by atoms with Crippen LogP contribution in [0.4, 0.5) is 0 Å². The first kappa shape index (κ1) is 13.7. The fourth-order valence-corrected chi connectivity index (χ4v) is 2.77. The highest BCUT2D eigenvalue weighted by Gasteiger charge is 2.36. The molecule has 1 saturated heterocycles. The minimum atomic E-state index is -0.750. The van der Waals surface area contributed by atoms with Gasteiger partial charge >= 0.3 is 0 Å². The van der Waals surface area contributed by atoms with Crippen LogP contribution < -0.4 is 0 Å². The summed E-state index contributed by atoms with van der Waals surface area (Å²) >= 11 is 0. The molecule has 1 aliphatic rings. The molecular formula is C15H17N5O. The molecule has 3 rings (SSSR count). The lowest BCUT2D eigenvalue weighted by molar-refractivity contribution is 0.0274. The number of nitrogens with zero attached hydrogens (tertiary/aromatic N) is 5. The zero-order valence-corrected chi connectivity index (χ0v) is 11.7. The number of aliphatic hydroxyl groups is 1.